The van der Waals surface area contributed by atoms with Gasteiger partial charge in [0.1, 0.15) is 12.6 Å². The maximum atomic E-state index is 13.6. The van der Waals surface area contributed by atoms with Crippen molar-refractivity contribution in [3.63, 3.8) is 0 Å². The number of imide groups is 1. The molecule has 1 aliphatic rings. The van der Waals surface area contributed by atoms with Gasteiger partial charge in [0.05, 0.1) is 11.1 Å². The van der Waals surface area contributed by atoms with Crippen molar-refractivity contribution in [1.29, 1.82) is 0 Å². The molecular weight excluding hydrogens is 470 g/mol. The molecule has 0 saturated heterocycles. The van der Waals surface area contributed by atoms with Crippen molar-refractivity contribution in [1.82, 2.24) is 4.90 Å². The van der Waals surface area contributed by atoms with Crippen molar-refractivity contribution < 1.29 is 23.5 Å². The second kappa shape index (κ2) is 10.3. The summed E-state index contributed by atoms with van der Waals surface area (Å²) in [4.78, 5) is 41.5. The molecule has 1 heterocycles. The number of hydrogen-bond acceptors (Lipinski definition) is 5. The summed E-state index contributed by atoms with van der Waals surface area (Å²) in [6.07, 6.45) is 0.290. The number of benzene rings is 2. The van der Waals surface area contributed by atoms with E-state index in [2.05, 4.69) is 33.9 Å². The molecule has 2 atom stereocenters. The van der Waals surface area contributed by atoms with Gasteiger partial charge in [-0.1, -0.05) is 77.1 Å². The Morgan fingerprint density at radius 1 is 0.889 bits per heavy atom. The van der Waals surface area contributed by atoms with Gasteiger partial charge >= 0.3 is 5.97 Å². The number of ether oxygens (including phenoxy) is 1. The fraction of sp³-hybridized carbons (Fsp3) is 0.483. The summed E-state index contributed by atoms with van der Waals surface area (Å²) < 4.78 is 12.3. The van der Waals surface area contributed by atoms with Crippen molar-refractivity contribution in [2.24, 2.45) is 5.41 Å². The van der Waals surface area contributed by atoms with Crippen molar-refractivity contribution in [2.75, 3.05) is 0 Å². The third-order valence-electron chi connectivity index (χ3n) is 7.39. The quantitative estimate of drug-likeness (QED) is 0.228. The smallest absolute Gasteiger partial charge is 0.330 e. The average molecular weight is 510 g/mol. The highest BCUT2D eigenvalue weighted by molar-refractivity contribution is 6.74. The molecule has 0 bridgehead atoms. The number of amides is 2. The summed E-state index contributed by atoms with van der Waals surface area (Å²) in [7, 11) is -2.06. The van der Waals surface area contributed by atoms with Gasteiger partial charge in [-0.3, -0.25) is 14.5 Å². The van der Waals surface area contributed by atoms with E-state index in [0.29, 0.717) is 17.5 Å². The molecule has 194 valence electrons. The summed E-state index contributed by atoms with van der Waals surface area (Å²) in [5.74, 6) is -1.54. The van der Waals surface area contributed by atoms with Gasteiger partial charge < -0.3 is 9.16 Å². The van der Waals surface area contributed by atoms with Crippen molar-refractivity contribution in [3.05, 3.63) is 71.3 Å². The van der Waals surface area contributed by atoms with Crippen LogP contribution in [0.4, 0.5) is 0 Å². The SMILES string of the molecule is CC(CC(C)(C)C(C(=O)OCc1ccccc1)N1C(=O)c2ccccc2C1=O)O[Si](C)(C)C(C)(C)C. The average Bonchev–Trinajstić information content (AvgIpc) is 3.02. The van der Waals surface area contributed by atoms with Gasteiger partial charge in [-0.25, -0.2) is 4.79 Å². The summed E-state index contributed by atoms with van der Waals surface area (Å²) in [6, 6.07) is 14.9. The lowest BCUT2D eigenvalue weighted by Crippen LogP contribution is -2.55. The van der Waals surface area contributed by atoms with Gasteiger partial charge in [0.25, 0.3) is 11.8 Å². The number of hydrogen-bond donors (Lipinski definition) is 0. The lowest BCUT2D eigenvalue weighted by Gasteiger charge is -2.42. The third kappa shape index (κ3) is 5.79. The minimum absolute atomic E-state index is 0.0297. The molecule has 0 aromatic heterocycles. The highest BCUT2D eigenvalue weighted by atomic mass is 28.4. The van der Waals surface area contributed by atoms with Crippen LogP contribution in [0.25, 0.3) is 0 Å². The topological polar surface area (TPSA) is 72.9 Å². The number of nitrogens with zero attached hydrogens (tertiary/aromatic N) is 1. The van der Waals surface area contributed by atoms with Gasteiger partial charge in [0.15, 0.2) is 8.32 Å². The van der Waals surface area contributed by atoms with Crippen molar-refractivity contribution >= 4 is 26.1 Å². The van der Waals surface area contributed by atoms with Crippen molar-refractivity contribution in [3.8, 4) is 0 Å². The molecule has 3 rings (SSSR count). The fourth-order valence-corrected chi connectivity index (χ4v) is 6.04. The second-order valence-electron chi connectivity index (χ2n) is 11.9. The summed E-state index contributed by atoms with van der Waals surface area (Å²) in [6.45, 7) is 16.8. The molecule has 2 unspecified atom stereocenters. The molecule has 1 aliphatic heterocycles. The van der Waals surface area contributed by atoms with Crippen LogP contribution in [-0.2, 0) is 20.6 Å². The van der Waals surface area contributed by atoms with E-state index in [9.17, 15) is 14.4 Å². The zero-order valence-electron chi connectivity index (χ0n) is 22.8. The number of carbonyl (C=O) groups is 3. The predicted octanol–water partition coefficient (Wildman–Crippen LogP) is 6.22. The molecule has 0 saturated carbocycles. The second-order valence-corrected chi connectivity index (χ2v) is 16.7. The van der Waals surface area contributed by atoms with Crippen LogP contribution in [0.5, 0.6) is 0 Å². The van der Waals surface area contributed by atoms with E-state index in [1.165, 1.54) is 0 Å². The van der Waals surface area contributed by atoms with Crippen LogP contribution in [0, 0.1) is 5.41 Å². The number of esters is 1. The molecule has 0 aliphatic carbocycles. The Morgan fingerprint density at radius 3 is 1.89 bits per heavy atom. The number of rotatable bonds is 9. The maximum Gasteiger partial charge on any atom is 0.330 e. The lowest BCUT2D eigenvalue weighted by molar-refractivity contribution is -0.154. The van der Waals surface area contributed by atoms with E-state index in [-0.39, 0.29) is 17.7 Å². The van der Waals surface area contributed by atoms with E-state index in [4.69, 9.17) is 9.16 Å². The highest BCUT2D eigenvalue weighted by Crippen LogP contribution is 2.41. The van der Waals surface area contributed by atoms with E-state index in [1.54, 1.807) is 24.3 Å². The zero-order valence-corrected chi connectivity index (χ0v) is 23.8. The number of carbonyl (C=O) groups excluding carboxylic acids is 3. The summed E-state index contributed by atoms with van der Waals surface area (Å²) in [5.41, 5.74) is 0.650. The lowest BCUT2D eigenvalue weighted by atomic mass is 9.78. The third-order valence-corrected chi connectivity index (χ3v) is 12.0. The Bertz CT molecular complexity index is 1080. The molecular formula is C29H39NO5Si. The van der Waals surface area contributed by atoms with Gasteiger partial charge in [0, 0.05) is 6.10 Å². The van der Waals surface area contributed by atoms with Gasteiger partial charge in [0.2, 0.25) is 0 Å². The maximum absolute atomic E-state index is 13.6. The molecule has 0 fully saturated rings. The first kappa shape index (κ1) is 27.8. The van der Waals surface area contributed by atoms with E-state index in [0.717, 1.165) is 10.5 Å². The monoisotopic (exact) mass is 509 g/mol. The van der Waals surface area contributed by atoms with Crippen LogP contribution in [0.1, 0.15) is 74.2 Å². The molecule has 2 aromatic carbocycles. The minimum atomic E-state index is -2.06. The Hall–Kier alpha value is -2.77. The Kier molecular flexibility index (Phi) is 7.96. The Labute approximate surface area is 216 Å². The van der Waals surface area contributed by atoms with E-state index >= 15 is 0 Å². The van der Waals surface area contributed by atoms with Crippen LogP contribution in [0.15, 0.2) is 54.6 Å². The van der Waals surface area contributed by atoms with Gasteiger partial charge in [-0.15, -0.1) is 0 Å². The van der Waals surface area contributed by atoms with E-state index < -0.39 is 37.6 Å². The van der Waals surface area contributed by atoms with Crippen molar-refractivity contribution in [2.45, 2.75) is 84.8 Å². The molecule has 2 aromatic rings. The first-order valence-electron chi connectivity index (χ1n) is 12.5. The Balaban J connectivity index is 1.91. The van der Waals surface area contributed by atoms with Gasteiger partial charge in [-0.2, -0.15) is 0 Å². The normalized spacial score (nSPS) is 16.1. The molecule has 36 heavy (non-hydrogen) atoms. The molecule has 0 N–H and O–H groups in total. The van der Waals surface area contributed by atoms with Crippen LogP contribution in [0.3, 0.4) is 0 Å². The van der Waals surface area contributed by atoms with Gasteiger partial charge in [-0.05, 0) is 54.6 Å². The zero-order chi connectivity index (χ0) is 26.9. The predicted molar refractivity (Wildman–Crippen MR) is 143 cm³/mol. The van der Waals surface area contributed by atoms with Crippen LogP contribution in [-0.4, -0.2) is 43.1 Å². The highest BCUT2D eigenvalue weighted by Gasteiger charge is 2.51. The molecule has 0 spiro atoms. The van der Waals surface area contributed by atoms with E-state index in [1.807, 2.05) is 51.1 Å². The summed E-state index contributed by atoms with van der Waals surface area (Å²) in [5, 5.41) is 0.0297. The standard InChI is InChI=1S/C29H39NO5Si/c1-20(35-36(7,8)28(2,3)4)18-29(5,6)24(27(33)34-19-21-14-10-9-11-15-21)30-25(31)22-16-12-13-17-23(22)26(30)32/h9-17,20,24H,18-19H2,1-8H3. The fourth-order valence-electron chi connectivity index (χ4n) is 4.60. The molecule has 2 amide bonds. The molecule has 6 nitrogen and oxygen atoms in total. The number of fused-ring (bicyclic) bond motifs is 1. The largest absolute Gasteiger partial charge is 0.459 e. The molecule has 7 heteroatoms. The Morgan fingerprint density at radius 2 is 1.39 bits per heavy atom. The minimum Gasteiger partial charge on any atom is -0.459 e. The van der Waals surface area contributed by atoms with Crippen LogP contribution >= 0.6 is 0 Å². The van der Waals surface area contributed by atoms with Crippen LogP contribution in [0.2, 0.25) is 18.1 Å². The first-order valence-corrected chi connectivity index (χ1v) is 15.4. The van der Waals surface area contributed by atoms with Crippen LogP contribution < -0.4 is 0 Å². The molecule has 0 radical (unpaired) electrons. The first-order chi connectivity index (χ1) is 16.7. The summed E-state index contributed by atoms with van der Waals surface area (Å²) >= 11 is 0.